The molecule has 4 nitrogen and oxygen atoms in total. The molecule has 0 fully saturated rings. The SMILES string of the molecule is CCc1c(S(=O)NCCc2ccc(N(C)C)cc2)[nH]c2ccc(Cl)cc12. The Morgan fingerprint density at radius 2 is 1.88 bits per heavy atom. The van der Waals surface area contributed by atoms with Crippen LogP contribution >= 0.6 is 11.6 Å². The van der Waals surface area contributed by atoms with E-state index in [1.165, 1.54) is 11.3 Å². The highest BCUT2D eigenvalue weighted by atomic mass is 35.5. The van der Waals surface area contributed by atoms with Gasteiger partial charge in [0.1, 0.15) is 16.0 Å². The molecule has 0 amide bonds. The van der Waals surface area contributed by atoms with Gasteiger partial charge < -0.3 is 9.88 Å². The highest BCUT2D eigenvalue weighted by Gasteiger charge is 2.15. The standard InChI is InChI=1S/C20H24ClN3OS/c1-4-17-18-13-15(21)7-10-19(18)23-20(17)26(25)22-12-11-14-5-8-16(9-6-14)24(2)3/h5-10,13,22-23H,4,11-12H2,1-3H3. The van der Waals surface area contributed by atoms with Crippen LogP contribution in [0.15, 0.2) is 47.5 Å². The van der Waals surface area contributed by atoms with E-state index in [-0.39, 0.29) is 0 Å². The summed E-state index contributed by atoms with van der Waals surface area (Å²) in [6.45, 7) is 2.71. The van der Waals surface area contributed by atoms with Crippen LogP contribution in [0.4, 0.5) is 5.69 Å². The second kappa shape index (κ2) is 8.25. The lowest BCUT2D eigenvalue weighted by atomic mass is 10.1. The molecule has 2 N–H and O–H groups in total. The van der Waals surface area contributed by atoms with Crippen LogP contribution in [-0.2, 0) is 23.8 Å². The quantitative estimate of drug-likeness (QED) is 0.632. The van der Waals surface area contributed by atoms with E-state index in [0.29, 0.717) is 11.6 Å². The van der Waals surface area contributed by atoms with E-state index in [4.69, 9.17) is 11.6 Å². The van der Waals surface area contributed by atoms with Gasteiger partial charge in [0.2, 0.25) is 0 Å². The molecule has 3 aromatic rings. The van der Waals surface area contributed by atoms with E-state index in [1.54, 1.807) is 0 Å². The lowest BCUT2D eigenvalue weighted by molar-refractivity contribution is 0.668. The van der Waals surface area contributed by atoms with Crippen LogP contribution in [0.3, 0.4) is 0 Å². The highest BCUT2D eigenvalue weighted by Crippen LogP contribution is 2.27. The first-order valence-electron chi connectivity index (χ1n) is 8.71. The summed E-state index contributed by atoms with van der Waals surface area (Å²) in [5, 5.41) is 2.48. The molecule has 26 heavy (non-hydrogen) atoms. The minimum absolute atomic E-state index is 0.646. The van der Waals surface area contributed by atoms with E-state index in [2.05, 4.69) is 45.8 Å². The van der Waals surface area contributed by atoms with Crippen LogP contribution in [0.25, 0.3) is 10.9 Å². The van der Waals surface area contributed by atoms with Gasteiger partial charge in [-0.15, -0.1) is 0 Å². The zero-order valence-electron chi connectivity index (χ0n) is 15.3. The minimum Gasteiger partial charge on any atom is -0.378 e. The predicted molar refractivity (Wildman–Crippen MR) is 112 cm³/mol. The van der Waals surface area contributed by atoms with Crippen molar-refractivity contribution < 1.29 is 4.21 Å². The number of hydrogen-bond acceptors (Lipinski definition) is 2. The van der Waals surface area contributed by atoms with Crippen molar-refractivity contribution in [3.63, 3.8) is 0 Å². The number of nitrogens with one attached hydrogen (secondary N) is 2. The molecule has 3 rings (SSSR count). The van der Waals surface area contributed by atoms with E-state index in [9.17, 15) is 4.21 Å². The summed E-state index contributed by atoms with van der Waals surface area (Å²) in [5.41, 5.74) is 4.42. The van der Waals surface area contributed by atoms with Gasteiger partial charge in [0, 0.05) is 42.3 Å². The Hall–Kier alpha value is -1.82. The summed E-state index contributed by atoms with van der Waals surface area (Å²) >= 11 is 6.11. The second-order valence-electron chi connectivity index (χ2n) is 6.45. The van der Waals surface area contributed by atoms with Crippen LogP contribution < -0.4 is 9.62 Å². The lowest BCUT2D eigenvalue weighted by Crippen LogP contribution is -2.21. The Kier molecular flexibility index (Phi) is 6.01. The fraction of sp³-hybridized carbons (Fsp3) is 0.300. The van der Waals surface area contributed by atoms with Crippen LogP contribution in [0.2, 0.25) is 5.02 Å². The first-order chi connectivity index (χ1) is 12.5. The van der Waals surface area contributed by atoms with Crippen molar-refractivity contribution >= 4 is 39.2 Å². The van der Waals surface area contributed by atoms with E-state index >= 15 is 0 Å². The molecule has 138 valence electrons. The molecule has 1 heterocycles. The summed E-state index contributed by atoms with van der Waals surface area (Å²) in [6.07, 6.45) is 1.63. The third-order valence-electron chi connectivity index (χ3n) is 4.47. The average molecular weight is 390 g/mol. The van der Waals surface area contributed by atoms with E-state index in [0.717, 1.165) is 34.3 Å². The number of anilines is 1. The number of benzene rings is 2. The molecule has 0 aliphatic rings. The summed E-state index contributed by atoms with van der Waals surface area (Å²) in [7, 11) is 2.78. The minimum atomic E-state index is -1.28. The molecule has 0 aliphatic carbocycles. The topological polar surface area (TPSA) is 48.1 Å². The van der Waals surface area contributed by atoms with Gasteiger partial charge in [0.05, 0.1) is 0 Å². The maximum Gasteiger partial charge on any atom is 0.142 e. The number of rotatable bonds is 7. The first kappa shape index (κ1) is 19.0. The van der Waals surface area contributed by atoms with Gasteiger partial charge >= 0.3 is 0 Å². The van der Waals surface area contributed by atoms with E-state index in [1.807, 2.05) is 32.3 Å². The largest absolute Gasteiger partial charge is 0.378 e. The Labute approximate surface area is 162 Å². The van der Waals surface area contributed by atoms with Crippen molar-refractivity contribution in [2.45, 2.75) is 24.8 Å². The third-order valence-corrected chi connectivity index (χ3v) is 5.89. The summed E-state index contributed by atoms with van der Waals surface area (Å²) in [6, 6.07) is 14.1. The van der Waals surface area contributed by atoms with Gasteiger partial charge in [0.25, 0.3) is 0 Å². The van der Waals surface area contributed by atoms with Gasteiger partial charge in [-0.25, -0.2) is 8.93 Å². The number of halogens is 1. The lowest BCUT2D eigenvalue weighted by Gasteiger charge is -2.12. The van der Waals surface area contributed by atoms with Crippen molar-refractivity contribution in [2.24, 2.45) is 0 Å². The van der Waals surface area contributed by atoms with Crippen LogP contribution in [0.5, 0.6) is 0 Å². The van der Waals surface area contributed by atoms with Crippen molar-refractivity contribution in [1.82, 2.24) is 9.71 Å². The highest BCUT2D eigenvalue weighted by molar-refractivity contribution is 7.83. The molecule has 0 aliphatic heterocycles. The third kappa shape index (κ3) is 4.11. The molecule has 0 saturated carbocycles. The van der Waals surface area contributed by atoms with Crippen LogP contribution in [0.1, 0.15) is 18.1 Å². The number of fused-ring (bicyclic) bond motifs is 1. The molecule has 0 spiro atoms. The van der Waals surface area contributed by atoms with Gasteiger partial charge in [0.15, 0.2) is 0 Å². The average Bonchev–Trinajstić information content (AvgIpc) is 2.99. The molecule has 0 saturated heterocycles. The monoisotopic (exact) mass is 389 g/mol. The van der Waals surface area contributed by atoms with Gasteiger partial charge in [-0.1, -0.05) is 30.7 Å². The molecule has 0 bridgehead atoms. The molecule has 0 radical (unpaired) electrons. The fourth-order valence-corrected chi connectivity index (χ4v) is 4.31. The zero-order chi connectivity index (χ0) is 18.7. The van der Waals surface area contributed by atoms with Gasteiger partial charge in [-0.05, 0) is 54.3 Å². The molecule has 1 atom stereocenters. The number of aromatic amines is 1. The normalized spacial score (nSPS) is 12.5. The zero-order valence-corrected chi connectivity index (χ0v) is 16.9. The van der Waals surface area contributed by atoms with Crippen LogP contribution in [-0.4, -0.2) is 29.8 Å². The van der Waals surface area contributed by atoms with Crippen molar-refractivity contribution in [1.29, 1.82) is 0 Å². The van der Waals surface area contributed by atoms with Gasteiger partial charge in [-0.3, -0.25) is 0 Å². The summed E-state index contributed by atoms with van der Waals surface area (Å²) in [4.78, 5) is 5.36. The number of aryl methyl sites for hydroxylation is 1. The smallest absolute Gasteiger partial charge is 0.142 e. The van der Waals surface area contributed by atoms with Crippen molar-refractivity contribution in [2.75, 3.05) is 25.5 Å². The molecule has 1 aromatic heterocycles. The number of hydrogen-bond donors (Lipinski definition) is 2. The van der Waals surface area contributed by atoms with Crippen LogP contribution in [0, 0.1) is 0 Å². The Balaban J connectivity index is 1.67. The maximum absolute atomic E-state index is 12.7. The Bertz CT molecular complexity index is 919. The molecular formula is C20H24ClN3OS. The number of aromatic nitrogens is 1. The molecule has 2 aromatic carbocycles. The Morgan fingerprint density at radius 3 is 2.54 bits per heavy atom. The molecule has 6 heteroatoms. The molecular weight excluding hydrogens is 366 g/mol. The maximum atomic E-state index is 12.7. The number of H-pyrrole nitrogens is 1. The number of nitrogens with zero attached hydrogens (tertiary/aromatic N) is 1. The fourth-order valence-electron chi connectivity index (χ4n) is 3.03. The van der Waals surface area contributed by atoms with Crippen molar-refractivity contribution in [3.05, 3.63) is 58.6 Å². The Morgan fingerprint density at radius 1 is 1.15 bits per heavy atom. The second-order valence-corrected chi connectivity index (χ2v) is 8.12. The first-order valence-corrected chi connectivity index (χ1v) is 10.2. The van der Waals surface area contributed by atoms with E-state index < -0.39 is 11.0 Å². The van der Waals surface area contributed by atoms with Gasteiger partial charge in [-0.2, -0.15) is 0 Å². The summed E-state index contributed by atoms with van der Waals surface area (Å²) < 4.78 is 15.9. The molecule has 1 unspecified atom stereocenters. The summed E-state index contributed by atoms with van der Waals surface area (Å²) in [5.74, 6) is 0. The van der Waals surface area contributed by atoms with Crippen molar-refractivity contribution in [3.8, 4) is 0 Å². The predicted octanol–water partition coefficient (Wildman–Crippen LogP) is 4.30.